The first-order chi connectivity index (χ1) is 12.6. The highest BCUT2D eigenvalue weighted by Gasteiger charge is 2.34. The number of hydrogen-bond acceptors (Lipinski definition) is 3. The third kappa shape index (κ3) is 3.74. The van der Waals surface area contributed by atoms with E-state index in [-0.39, 0.29) is 17.8 Å². The van der Waals surface area contributed by atoms with Gasteiger partial charge in [-0.05, 0) is 56.0 Å². The number of nitrogens with one attached hydrogen (secondary N) is 2. The van der Waals surface area contributed by atoms with E-state index in [4.69, 9.17) is 0 Å². The first-order valence-corrected chi connectivity index (χ1v) is 8.95. The molecule has 3 aromatic rings. The van der Waals surface area contributed by atoms with Gasteiger partial charge in [-0.3, -0.25) is 9.78 Å². The lowest BCUT2D eigenvalue weighted by Crippen LogP contribution is -2.30. The van der Waals surface area contributed by atoms with Crippen molar-refractivity contribution < 1.29 is 9.18 Å². The van der Waals surface area contributed by atoms with Gasteiger partial charge in [0.25, 0.3) is 0 Å². The van der Waals surface area contributed by atoms with E-state index in [1.807, 2.05) is 25.1 Å². The number of aromatic amines is 1. The van der Waals surface area contributed by atoms with Crippen molar-refractivity contribution in [3.05, 3.63) is 59.4 Å². The van der Waals surface area contributed by atoms with E-state index < -0.39 is 0 Å². The number of benzene rings is 1. The molecule has 134 valence electrons. The summed E-state index contributed by atoms with van der Waals surface area (Å²) >= 11 is 0. The van der Waals surface area contributed by atoms with Crippen molar-refractivity contribution in [3.63, 3.8) is 0 Å². The van der Waals surface area contributed by atoms with E-state index in [0.29, 0.717) is 35.6 Å². The number of imidazole rings is 1. The quantitative estimate of drug-likeness (QED) is 0.712. The van der Waals surface area contributed by atoms with Gasteiger partial charge in [0, 0.05) is 18.5 Å². The van der Waals surface area contributed by atoms with E-state index >= 15 is 0 Å². The Labute approximate surface area is 151 Å². The van der Waals surface area contributed by atoms with Gasteiger partial charge in [0.1, 0.15) is 11.6 Å². The maximum atomic E-state index is 13.3. The average molecular weight is 352 g/mol. The van der Waals surface area contributed by atoms with Gasteiger partial charge in [0.05, 0.1) is 22.8 Å². The van der Waals surface area contributed by atoms with Crippen LogP contribution in [0.5, 0.6) is 0 Å². The number of halogens is 1. The monoisotopic (exact) mass is 352 g/mol. The Balaban J connectivity index is 1.40. The van der Waals surface area contributed by atoms with Gasteiger partial charge in [-0.15, -0.1) is 0 Å². The molecule has 0 radical (unpaired) electrons. The number of amides is 1. The number of rotatable bonds is 6. The zero-order valence-corrected chi connectivity index (χ0v) is 14.6. The summed E-state index contributed by atoms with van der Waals surface area (Å²) in [6.45, 7) is 1.96. The summed E-state index contributed by atoms with van der Waals surface area (Å²) < 4.78 is 13.3. The lowest BCUT2D eigenvalue weighted by molar-refractivity contribution is -0.122. The summed E-state index contributed by atoms with van der Waals surface area (Å²) in [6.07, 6.45) is 3.06. The van der Waals surface area contributed by atoms with Crippen LogP contribution >= 0.6 is 0 Å². The fraction of sp³-hybridized carbons (Fsp3) is 0.350. The molecule has 1 fully saturated rings. The Kier molecular flexibility index (Phi) is 4.41. The molecule has 0 unspecified atom stereocenters. The Morgan fingerprint density at radius 1 is 1.31 bits per heavy atom. The van der Waals surface area contributed by atoms with Crippen LogP contribution in [0.15, 0.2) is 36.4 Å². The minimum absolute atomic E-state index is 0.0168. The molecule has 4 rings (SSSR count). The molecule has 2 N–H and O–H groups in total. The predicted molar refractivity (Wildman–Crippen MR) is 97.0 cm³/mol. The van der Waals surface area contributed by atoms with Crippen molar-refractivity contribution in [1.29, 1.82) is 0 Å². The number of carbonyl (C=O) groups excluding carboxylic acids is 1. The SMILES string of the molecule is Cc1cccc([C@H](NC(=O)CCc2nc3ccc(F)cc3[nH]2)C2CC2)n1. The van der Waals surface area contributed by atoms with E-state index in [1.165, 1.54) is 12.1 Å². The second kappa shape index (κ2) is 6.86. The van der Waals surface area contributed by atoms with Crippen LogP contribution in [0.3, 0.4) is 0 Å². The van der Waals surface area contributed by atoms with E-state index in [1.54, 1.807) is 6.07 Å². The first kappa shape index (κ1) is 16.7. The smallest absolute Gasteiger partial charge is 0.220 e. The molecule has 1 aliphatic rings. The van der Waals surface area contributed by atoms with Crippen LogP contribution in [0, 0.1) is 18.7 Å². The van der Waals surface area contributed by atoms with Crippen molar-refractivity contribution in [2.24, 2.45) is 5.92 Å². The number of nitrogens with zero attached hydrogens (tertiary/aromatic N) is 2. The molecular formula is C20H21FN4O. The van der Waals surface area contributed by atoms with Crippen LogP contribution in [0.1, 0.15) is 42.5 Å². The summed E-state index contributed by atoms with van der Waals surface area (Å²) in [5.74, 6) is 0.847. The molecule has 1 amide bonds. The van der Waals surface area contributed by atoms with Crippen LogP contribution in [0.4, 0.5) is 4.39 Å². The van der Waals surface area contributed by atoms with E-state index in [0.717, 1.165) is 24.2 Å². The molecular weight excluding hydrogens is 331 g/mol. The zero-order chi connectivity index (χ0) is 18.1. The van der Waals surface area contributed by atoms with Crippen LogP contribution in [0.2, 0.25) is 0 Å². The number of H-pyrrole nitrogens is 1. The lowest BCUT2D eigenvalue weighted by Gasteiger charge is -2.18. The minimum Gasteiger partial charge on any atom is -0.347 e. The molecule has 1 atom stereocenters. The summed E-state index contributed by atoms with van der Waals surface area (Å²) in [7, 11) is 0. The molecule has 1 saturated carbocycles. The first-order valence-electron chi connectivity index (χ1n) is 8.95. The summed E-state index contributed by atoms with van der Waals surface area (Å²) in [5.41, 5.74) is 3.25. The minimum atomic E-state index is -0.302. The molecule has 2 heterocycles. The predicted octanol–water partition coefficient (Wildman–Crippen LogP) is 3.61. The Morgan fingerprint density at radius 2 is 2.15 bits per heavy atom. The fourth-order valence-corrected chi connectivity index (χ4v) is 3.23. The second-order valence-corrected chi connectivity index (χ2v) is 6.93. The summed E-state index contributed by atoms with van der Waals surface area (Å²) in [4.78, 5) is 24.5. The average Bonchev–Trinajstić information content (AvgIpc) is 3.37. The number of fused-ring (bicyclic) bond motifs is 1. The molecule has 1 aromatic carbocycles. The van der Waals surface area contributed by atoms with Crippen molar-refractivity contribution >= 4 is 16.9 Å². The number of carbonyl (C=O) groups is 1. The highest BCUT2D eigenvalue weighted by atomic mass is 19.1. The van der Waals surface area contributed by atoms with Gasteiger partial charge < -0.3 is 10.3 Å². The van der Waals surface area contributed by atoms with Crippen molar-refractivity contribution in [2.75, 3.05) is 0 Å². The Morgan fingerprint density at radius 3 is 2.92 bits per heavy atom. The van der Waals surface area contributed by atoms with Crippen molar-refractivity contribution in [3.8, 4) is 0 Å². The molecule has 5 nitrogen and oxygen atoms in total. The maximum Gasteiger partial charge on any atom is 0.220 e. The summed E-state index contributed by atoms with van der Waals surface area (Å²) in [6, 6.07) is 10.3. The zero-order valence-electron chi connectivity index (χ0n) is 14.6. The van der Waals surface area contributed by atoms with E-state index in [9.17, 15) is 9.18 Å². The standard InChI is InChI=1S/C20H21FN4O/c1-12-3-2-4-16(22-12)20(13-5-6-13)25-19(26)10-9-18-23-15-8-7-14(21)11-17(15)24-18/h2-4,7-8,11,13,20H,5-6,9-10H2,1H3,(H,23,24)(H,25,26)/t20-/m1/s1. The third-order valence-corrected chi connectivity index (χ3v) is 4.72. The van der Waals surface area contributed by atoms with Crippen LogP contribution in [-0.4, -0.2) is 20.9 Å². The van der Waals surface area contributed by atoms with Gasteiger partial charge in [0.15, 0.2) is 0 Å². The van der Waals surface area contributed by atoms with Crippen molar-refractivity contribution in [1.82, 2.24) is 20.3 Å². The molecule has 0 bridgehead atoms. The molecule has 26 heavy (non-hydrogen) atoms. The molecule has 6 heteroatoms. The molecule has 2 aromatic heterocycles. The van der Waals surface area contributed by atoms with Gasteiger partial charge >= 0.3 is 0 Å². The summed E-state index contributed by atoms with van der Waals surface area (Å²) in [5, 5.41) is 3.13. The largest absolute Gasteiger partial charge is 0.347 e. The van der Waals surface area contributed by atoms with Gasteiger partial charge in [-0.1, -0.05) is 6.07 Å². The normalized spacial score (nSPS) is 15.2. The third-order valence-electron chi connectivity index (χ3n) is 4.72. The van der Waals surface area contributed by atoms with Gasteiger partial charge in [-0.25, -0.2) is 9.37 Å². The van der Waals surface area contributed by atoms with Gasteiger partial charge in [-0.2, -0.15) is 0 Å². The number of aromatic nitrogens is 3. The molecule has 0 spiro atoms. The fourth-order valence-electron chi connectivity index (χ4n) is 3.23. The Bertz CT molecular complexity index is 948. The van der Waals surface area contributed by atoms with Gasteiger partial charge in [0.2, 0.25) is 5.91 Å². The Hall–Kier alpha value is -2.76. The van der Waals surface area contributed by atoms with Crippen molar-refractivity contribution in [2.45, 2.75) is 38.6 Å². The second-order valence-electron chi connectivity index (χ2n) is 6.93. The highest BCUT2D eigenvalue weighted by molar-refractivity contribution is 5.77. The van der Waals surface area contributed by atoms with Crippen LogP contribution in [-0.2, 0) is 11.2 Å². The number of hydrogen-bond donors (Lipinski definition) is 2. The lowest BCUT2D eigenvalue weighted by atomic mass is 10.1. The van der Waals surface area contributed by atoms with E-state index in [2.05, 4.69) is 20.3 Å². The van der Waals surface area contributed by atoms with Crippen LogP contribution < -0.4 is 5.32 Å². The molecule has 1 aliphatic carbocycles. The number of pyridine rings is 1. The highest BCUT2D eigenvalue weighted by Crippen LogP contribution is 2.40. The maximum absolute atomic E-state index is 13.3. The number of aryl methyl sites for hydroxylation is 2. The molecule has 0 aliphatic heterocycles. The topological polar surface area (TPSA) is 70.7 Å². The van der Waals surface area contributed by atoms with Crippen LogP contribution in [0.25, 0.3) is 11.0 Å². The molecule has 0 saturated heterocycles.